The van der Waals surface area contributed by atoms with Gasteiger partial charge in [0.15, 0.2) is 5.82 Å². The van der Waals surface area contributed by atoms with E-state index in [0.717, 1.165) is 66.9 Å². The number of nitrogens with one attached hydrogen (secondary N) is 4. The smallest absolute Gasteiger partial charge is 0.223 e. The number of hydrogen-bond donors (Lipinski definition) is 4. The zero-order valence-electron chi connectivity index (χ0n) is 27.5. The topological polar surface area (TPSA) is 99.7 Å². The van der Waals surface area contributed by atoms with Crippen LogP contribution in [0.5, 0.6) is 0 Å². The first-order valence-corrected chi connectivity index (χ1v) is 17.3. The molecular formula is C40H43N7O. The number of aromatic nitrogens is 4. The van der Waals surface area contributed by atoms with Gasteiger partial charge in [0.05, 0.1) is 18.6 Å². The lowest BCUT2D eigenvalue weighted by Gasteiger charge is -2.31. The van der Waals surface area contributed by atoms with Gasteiger partial charge in [-0.1, -0.05) is 85.0 Å². The van der Waals surface area contributed by atoms with Crippen molar-refractivity contribution in [2.24, 2.45) is 11.3 Å². The molecule has 4 N–H and O–H groups in total. The first-order chi connectivity index (χ1) is 23.6. The highest BCUT2D eigenvalue weighted by Crippen LogP contribution is 2.41. The van der Waals surface area contributed by atoms with Crippen molar-refractivity contribution in [1.82, 2.24) is 35.7 Å². The molecule has 3 atom stereocenters. The molecule has 1 amide bonds. The predicted molar refractivity (Wildman–Crippen MR) is 191 cm³/mol. The maximum atomic E-state index is 13.9. The van der Waals surface area contributed by atoms with Crippen molar-refractivity contribution in [3.05, 3.63) is 132 Å². The van der Waals surface area contributed by atoms with E-state index in [0.29, 0.717) is 13.0 Å². The fourth-order valence-electron chi connectivity index (χ4n) is 7.87. The Kier molecular flexibility index (Phi) is 8.18. The fourth-order valence-corrected chi connectivity index (χ4v) is 7.87. The standard InChI is InChI=1S/C40H43N7O/c1-40-20-7-6-15-36(40)43-25-31(40)16-17-37-45-46-38(47(37)26-29-11-8-10-27-9-2-3-12-32(27)29)35(44-39(48)28-18-21-41-22-19-28)23-30-24-42-34-14-5-4-13-33(30)34/h2-15,20,24-25,28,35-36,41-43H,16-19,21-23,26H2,1H3,(H,44,48)/t35-,36?,40?/m1/s1. The first-order valence-electron chi connectivity index (χ1n) is 17.3. The van der Waals surface area contributed by atoms with Gasteiger partial charge in [0.1, 0.15) is 5.82 Å². The summed E-state index contributed by atoms with van der Waals surface area (Å²) in [5.74, 6) is 1.81. The van der Waals surface area contributed by atoms with Crippen molar-refractivity contribution in [2.75, 3.05) is 13.1 Å². The van der Waals surface area contributed by atoms with Crippen LogP contribution >= 0.6 is 0 Å². The number of carbonyl (C=O) groups is 1. The average Bonchev–Trinajstić information content (AvgIpc) is 3.82. The molecule has 0 radical (unpaired) electrons. The number of fused-ring (bicyclic) bond motifs is 3. The van der Waals surface area contributed by atoms with Crippen LogP contribution in [0, 0.1) is 11.3 Å². The van der Waals surface area contributed by atoms with Crippen LogP contribution in [-0.2, 0) is 24.2 Å². The number of aryl methyl sites for hydroxylation is 1. The van der Waals surface area contributed by atoms with Crippen LogP contribution in [0.15, 0.2) is 109 Å². The lowest BCUT2D eigenvalue weighted by Crippen LogP contribution is -2.41. The summed E-state index contributed by atoms with van der Waals surface area (Å²) in [5.41, 5.74) is 4.76. The Hall–Kier alpha value is -4.95. The zero-order valence-corrected chi connectivity index (χ0v) is 27.5. The Bertz CT molecular complexity index is 2040. The van der Waals surface area contributed by atoms with Crippen LogP contribution in [-0.4, -0.2) is 44.8 Å². The van der Waals surface area contributed by atoms with Crippen molar-refractivity contribution >= 4 is 27.6 Å². The Morgan fingerprint density at radius 3 is 2.67 bits per heavy atom. The monoisotopic (exact) mass is 637 g/mol. The van der Waals surface area contributed by atoms with E-state index in [9.17, 15) is 4.79 Å². The number of para-hydroxylation sites is 1. The molecule has 1 fully saturated rings. The highest BCUT2D eigenvalue weighted by atomic mass is 16.2. The molecule has 3 aliphatic rings. The molecule has 0 saturated carbocycles. The van der Waals surface area contributed by atoms with Crippen molar-refractivity contribution in [3.63, 3.8) is 0 Å². The third-order valence-electron chi connectivity index (χ3n) is 10.8. The number of aromatic amines is 1. The molecule has 8 nitrogen and oxygen atoms in total. The minimum Gasteiger partial charge on any atom is -0.383 e. The normalized spacial score (nSPS) is 21.3. The van der Waals surface area contributed by atoms with Crippen LogP contribution in [0.2, 0.25) is 0 Å². The molecular weight excluding hydrogens is 594 g/mol. The van der Waals surface area contributed by atoms with E-state index < -0.39 is 0 Å². The Morgan fingerprint density at radius 1 is 0.958 bits per heavy atom. The summed E-state index contributed by atoms with van der Waals surface area (Å²) in [6.45, 7) is 4.65. The SMILES string of the molecule is CC12C=CC=CC1NC=C2CCc1nnc([C@@H](Cc2c[nH]c3ccccc23)NC(=O)C2CCNCC2)n1Cc1cccc2ccccc12. The molecule has 2 unspecified atom stereocenters. The van der Waals surface area contributed by atoms with Crippen molar-refractivity contribution in [2.45, 2.75) is 57.7 Å². The number of nitrogens with zero attached hydrogens (tertiary/aromatic N) is 3. The van der Waals surface area contributed by atoms with Crippen LogP contribution < -0.4 is 16.0 Å². The predicted octanol–water partition coefficient (Wildman–Crippen LogP) is 6.28. The van der Waals surface area contributed by atoms with Gasteiger partial charge in [0.25, 0.3) is 0 Å². The summed E-state index contributed by atoms with van der Waals surface area (Å²) in [6.07, 6.45) is 17.0. The molecule has 0 spiro atoms. The number of piperidine rings is 1. The summed E-state index contributed by atoms with van der Waals surface area (Å²) in [5, 5.41) is 23.8. The van der Waals surface area contributed by atoms with E-state index in [1.807, 2.05) is 6.07 Å². The fraction of sp³-hybridized carbons (Fsp3) is 0.325. The zero-order chi connectivity index (χ0) is 32.5. The summed E-state index contributed by atoms with van der Waals surface area (Å²) in [7, 11) is 0. The van der Waals surface area contributed by atoms with Crippen LogP contribution in [0.1, 0.15) is 55.0 Å². The van der Waals surface area contributed by atoms with Crippen molar-refractivity contribution in [3.8, 4) is 0 Å². The van der Waals surface area contributed by atoms with Gasteiger partial charge in [-0.25, -0.2) is 0 Å². The van der Waals surface area contributed by atoms with E-state index in [-0.39, 0.29) is 29.3 Å². The molecule has 1 saturated heterocycles. The molecule has 8 heteroatoms. The van der Waals surface area contributed by atoms with Gasteiger partial charge in [0.2, 0.25) is 5.91 Å². The van der Waals surface area contributed by atoms with Crippen LogP contribution in [0.25, 0.3) is 21.7 Å². The highest BCUT2D eigenvalue weighted by molar-refractivity contribution is 5.86. The van der Waals surface area contributed by atoms with Gasteiger partial charge in [-0.2, -0.15) is 0 Å². The van der Waals surface area contributed by atoms with Crippen LogP contribution in [0.3, 0.4) is 0 Å². The van der Waals surface area contributed by atoms with E-state index in [4.69, 9.17) is 10.2 Å². The first kappa shape index (κ1) is 30.4. The molecule has 3 aromatic carbocycles. The Balaban J connectivity index is 1.17. The van der Waals surface area contributed by atoms with Crippen molar-refractivity contribution < 1.29 is 4.79 Å². The molecule has 244 valence electrons. The van der Waals surface area contributed by atoms with Gasteiger partial charge in [-0.3, -0.25) is 4.79 Å². The van der Waals surface area contributed by atoms with Gasteiger partial charge < -0.3 is 25.5 Å². The second-order valence-electron chi connectivity index (χ2n) is 13.7. The lowest BCUT2D eigenvalue weighted by molar-refractivity contribution is -0.126. The number of rotatable bonds is 10. The highest BCUT2D eigenvalue weighted by Gasteiger charge is 2.39. The molecule has 8 rings (SSSR count). The number of H-pyrrole nitrogens is 1. The number of carbonyl (C=O) groups excluding carboxylic acids is 1. The van der Waals surface area contributed by atoms with E-state index in [2.05, 4.69) is 130 Å². The molecule has 4 heterocycles. The molecule has 1 aliphatic carbocycles. The molecule has 5 aromatic rings. The maximum absolute atomic E-state index is 13.9. The van der Waals surface area contributed by atoms with E-state index >= 15 is 0 Å². The largest absolute Gasteiger partial charge is 0.383 e. The molecule has 48 heavy (non-hydrogen) atoms. The summed E-state index contributed by atoms with van der Waals surface area (Å²) in [4.78, 5) is 17.3. The Morgan fingerprint density at radius 2 is 1.77 bits per heavy atom. The summed E-state index contributed by atoms with van der Waals surface area (Å²) < 4.78 is 2.28. The number of allylic oxidation sites excluding steroid dienone is 2. The Labute approximate surface area is 281 Å². The number of amides is 1. The average molecular weight is 638 g/mol. The number of hydrogen-bond acceptors (Lipinski definition) is 5. The number of benzene rings is 3. The maximum Gasteiger partial charge on any atom is 0.223 e. The van der Waals surface area contributed by atoms with Gasteiger partial charge in [0, 0.05) is 41.3 Å². The second-order valence-corrected chi connectivity index (χ2v) is 13.7. The summed E-state index contributed by atoms with van der Waals surface area (Å²) in [6, 6.07) is 23.3. The quantitative estimate of drug-likeness (QED) is 0.145. The molecule has 2 aliphatic heterocycles. The van der Waals surface area contributed by atoms with Crippen molar-refractivity contribution in [1.29, 1.82) is 0 Å². The van der Waals surface area contributed by atoms with E-state index in [1.54, 1.807) is 0 Å². The second kappa shape index (κ2) is 12.9. The van der Waals surface area contributed by atoms with Gasteiger partial charge in [-0.05, 0) is 79.0 Å². The van der Waals surface area contributed by atoms with Crippen LogP contribution in [0.4, 0.5) is 0 Å². The molecule has 0 bridgehead atoms. The molecule has 2 aromatic heterocycles. The minimum atomic E-state index is -0.344. The lowest BCUT2D eigenvalue weighted by atomic mass is 9.74. The summed E-state index contributed by atoms with van der Waals surface area (Å²) >= 11 is 0. The third-order valence-corrected chi connectivity index (χ3v) is 10.8. The van der Waals surface area contributed by atoms with Gasteiger partial charge in [-0.15, -0.1) is 10.2 Å². The minimum absolute atomic E-state index is 0.0151. The van der Waals surface area contributed by atoms with Gasteiger partial charge >= 0.3 is 0 Å². The third kappa shape index (κ3) is 5.75. The van der Waals surface area contributed by atoms with E-state index in [1.165, 1.54) is 21.9 Å².